The van der Waals surface area contributed by atoms with Crippen LogP contribution in [-0.2, 0) is 0 Å². The Morgan fingerprint density at radius 3 is 2.33 bits per heavy atom. The molecular weight excluding hydrogens is 222 g/mol. The average Bonchev–Trinajstić information content (AvgIpc) is 2.36. The minimum absolute atomic E-state index is 0.241. The predicted molar refractivity (Wildman–Crippen MR) is 78.1 cm³/mol. The zero-order valence-electron chi connectivity index (χ0n) is 12.4. The molecule has 0 radical (unpaired) electrons. The van der Waals surface area contributed by atoms with Gasteiger partial charge in [0.15, 0.2) is 0 Å². The van der Waals surface area contributed by atoms with Gasteiger partial charge >= 0.3 is 0 Å². The molecule has 1 N–H and O–H groups in total. The molecule has 0 aliphatic heterocycles. The van der Waals surface area contributed by atoms with Gasteiger partial charge in [-0.3, -0.25) is 0 Å². The van der Waals surface area contributed by atoms with Crippen LogP contribution in [-0.4, -0.2) is 12.6 Å². The molecule has 2 heteroatoms. The molecule has 1 rings (SSSR count). The van der Waals surface area contributed by atoms with Crippen molar-refractivity contribution in [3.05, 3.63) is 29.8 Å². The second-order valence-corrected chi connectivity index (χ2v) is 5.12. The van der Waals surface area contributed by atoms with E-state index in [1.165, 1.54) is 5.56 Å². The summed E-state index contributed by atoms with van der Waals surface area (Å²) in [6.07, 6.45) is 1.31. The van der Waals surface area contributed by atoms with E-state index >= 15 is 0 Å². The maximum atomic E-state index is 6.10. The van der Waals surface area contributed by atoms with E-state index < -0.39 is 0 Å². The number of hydrogen-bond donors (Lipinski definition) is 1. The molecule has 1 aromatic carbocycles. The van der Waals surface area contributed by atoms with Gasteiger partial charge in [0.2, 0.25) is 0 Å². The first-order valence-corrected chi connectivity index (χ1v) is 7.09. The molecule has 0 saturated heterocycles. The summed E-state index contributed by atoms with van der Waals surface area (Å²) in [7, 11) is 0. The highest BCUT2D eigenvalue weighted by molar-refractivity contribution is 5.36. The number of para-hydroxylation sites is 1. The summed E-state index contributed by atoms with van der Waals surface area (Å²) in [4.78, 5) is 0. The lowest BCUT2D eigenvalue weighted by atomic mass is 10.0. The van der Waals surface area contributed by atoms with Crippen LogP contribution in [0.25, 0.3) is 0 Å². The van der Waals surface area contributed by atoms with Crippen LogP contribution in [0, 0.1) is 5.92 Å². The topological polar surface area (TPSA) is 21.3 Å². The Labute approximate surface area is 112 Å². The van der Waals surface area contributed by atoms with E-state index in [9.17, 15) is 0 Å². The lowest BCUT2D eigenvalue weighted by Crippen LogP contribution is -2.23. The lowest BCUT2D eigenvalue weighted by Gasteiger charge is -2.24. The van der Waals surface area contributed by atoms with E-state index in [0.717, 1.165) is 18.7 Å². The van der Waals surface area contributed by atoms with E-state index in [1.807, 2.05) is 6.07 Å². The summed E-state index contributed by atoms with van der Waals surface area (Å²) in [6, 6.07) is 8.76. The van der Waals surface area contributed by atoms with Gasteiger partial charge in [0.05, 0.1) is 6.10 Å². The van der Waals surface area contributed by atoms with Crippen molar-refractivity contribution in [2.75, 3.05) is 6.54 Å². The van der Waals surface area contributed by atoms with Gasteiger partial charge in [-0.1, -0.05) is 45.9 Å². The molecule has 0 aliphatic rings. The van der Waals surface area contributed by atoms with E-state index in [0.29, 0.717) is 12.0 Å². The Kier molecular flexibility index (Phi) is 6.20. The second-order valence-electron chi connectivity index (χ2n) is 5.12. The summed E-state index contributed by atoms with van der Waals surface area (Å²) < 4.78 is 6.10. The van der Waals surface area contributed by atoms with Gasteiger partial charge in [-0.25, -0.2) is 0 Å². The van der Waals surface area contributed by atoms with Crippen LogP contribution in [0.5, 0.6) is 5.75 Å². The molecule has 0 aromatic heterocycles. The zero-order valence-corrected chi connectivity index (χ0v) is 12.4. The van der Waals surface area contributed by atoms with E-state index in [4.69, 9.17) is 4.74 Å². The molecule has 0 saturated carbocycles. The van der Waals surface area contributed by atoms with Crippen LogP contribution in [0.3, 0.4) is 0 Å². The summed E-state index contributed by atoms with van der Waals surface area (Å²) in [5.74, 6) is 1.55. The third-order valence-corrected chi connectivity index (χ3v) is 3.40. The molecule has 1 aromatic rings. The van der Waals surface area contributed by atoms with Crippen molar-refractivity contribution in [3.63, 3.8) is 0 Å². The molecule has 2 unspecified atom stereocenters. The number of ether oxygens (including phenoxy) is 1. The molecule has 2 atom stereocenters. The molecule has 0 fully saturated rings. The number of hydrogen-bond acceptors (Lipinski definition) is 2. The third-order valence-electron chi connectivity index (χ3n) is 3.40. The fourth-order valence-corrected chi connectivity index (χ4v) is 1.93. The Hall–Kier alpha value is -1.02. The van der Waals surface area contributed by atoms with Crippen molar-refractivity contribution in [2.24, 2.45) is 5.92 Å². The summed E-state index contributed by atoms with van der Waals surface area (Å²) in [6.45, 7) is 11.8. The molecule has 102 valence electrons. The van der Waals surface area contributed by atoms with Gasteiger partial charge in [-0.05, 0) is 31.9 Å². The van der Waals surface area contributed by atoms with Crippen LogP contribution in [0.15, 0.2) is 24.3 Å². The maximum absolute atomic E-state index is 6.10. The largest absolute Gasteiger partial charge is 0.490 e. The fraction of sp³-hybridized carbons (Fsp3) is 0.625. The number of rotatable bonds is 7. The van der Waals surface area contributed by atoms with Gasteiger partial charge in [0.1, 0.15) is 5.75 Å². The second kappa shape index (κ2) is 7.42. The molecule has 0 bridgehead atoms. The Bertz CT molecular complexity index is 349. The van der Waals surface area contributed by atoms with Crippen LogP contribution < -0.4 is 10.1 Å². The van der Waals surface area contributed by atoms with Gasteiger partial charge in [-0.2, -0.15) is 0 Å². The van der Waals surface area contributed by atoms with Crippen molar-refractivity contribution in [3.8, 4) is 5.75 Å². The number of nitrogens with one attached hydrogen (secondary N) is 1. The highest BCUT2D eigenvalue weighted by atomic mass is 16.5. The first kappa shape index (κ1) is 15.0. The van der Waals surface area contributed by atoms with Crippen molar-refractivity contribution >= 4 is 0 Å². The van der Waals surface area contributed by atoms with Gasteiger partial charge in [-0.15, -0.1) is 0 Å². The zero-order chi connectivity index (χ0) is 13.5. The predicted octanol–water partition coefficient (Wildman–Crippen LogP) is 4.17. The molecule has 0 spiro atoms. The molecule has 0 amide bonds. The molecule has 0 aliphatic carbocycles. The molecule has 18 heavy (non-hydrogen) atoms. The quantitative estimate of drug-likeness (QED) is 0.783. The van der Waals surface area contributed by atoms with Crippen LogP contribution in [0.1, 0.15) is 52.6 Å². The molecular formula is C16H27NO. The first-order valence-electron chi connectivity index (χ1n) is 7.09. The fourth-order valence-electron chi connectivity index (χ4n) is 1.93. The van der Waals surface area contributed by atoms with E-state index in [2.05, 4.69) is 58.1 Å². The van der Waals surface area contributed by atoms with Gasteiger partial charge in [0, 0.05) is 11.6 Å². The summed E-state index contributed by atoms with van der Waals surface area (Å²) >= 11 is 0. The minimum Gasteiger partial charge on any atom is -0.490 e. The first-order chi connectivity index (χ1) is 8.60. The minimum atomic E-state index is 0.241. The summed E-state index contributed by atoms with van der Waals surface area (Å²) in [5, 5.41) is 3.51. The lowest BCUT2D eigenvalue weighted by molar-refractivity contribution is 0.167. The van der Waals surface area contributed by atoms with Crippen molar-refractivity contribution in [1.82, 2.24) is 5.32 Å². The SMILES string of the molecule is CCNC(CC)c1ccccc1OC(C)C(C)C. The maximum Gasteiger partial charge on any atom is 0.124 e. The highest BCUT2D eigenvalue weighted by Gasteiger charge is 2.16. The normalized spacial score (nSPS) is 14.6. The number of benzene rings is 1. The smallest absolute Gasteiger partial charge is 0.124 e. The van der Waals surface area contributed by atoms with Crippen LogP contribution in [0.2, 0.25) is 0 Å². The Balaban J connectivity index is 2.90. The van der Waals surface area contributed by atoms with Crippen molar-refractivity contribution < 1.29 is 4.74 Å². The van der Waals surface area contributed by atoms with Crippen LogP contribution in [0.4, 0.5) is 0 Å². The van der Waals surface area contributed by atoms with Crippen molar-refractivity contribution in [2.45, 2.75) is 53.2 Å². The van der Waals surface area contributed by atoms with Gasteiger partial charge < -0.3 is 10.1 Å². The van der Waals surface area contributed by atoms with Crippen LogP contribution >= 0.6 is 0 Å². The Morgan fingerprint density at radius 1 is 1.11 bits per heavy atom. The highest BCUT2D eigenvalue weighted by Crippen LogP contribution is 2.28. The monoisotopic (exact) mass is 249 g/mol. The average molecular weight is 249 g/mol. The van der Waals surface area contributed by atoms with Crippen molar-refractivity contribution in [1.29, 1.82) is 0 Å². The Morgan fingerprint density at radius 2 is 1.78 bits per heavy atom. The van der Waals surface area contributed by atoms with Gasteiger partial charge in [0.25, 0.3) is 0 Å². The summed E-state index contributed by atoms with van der Waals surface area (Å²) in [5.41, 5.74) is 1.27. The van der Waals surface area contributed by atoms with E-state index in [1.54, 1.807) is 0 Å². The third kappa shape index (κ3) is 4.02. The molecule has 0 heterocycles. The standard InChI is InChI=1S/C16H27NO/c1-6-15(17-7-2)14-10-8-9-11-16(14)18-13(5)12(3)4/h8-13,15,17H,6-7H2,1-5H3. The molecule has 2 nitrogen and oxygen atoms in total. The van der Waals surface area contributed by atoms with E-state index in [-0.39, 0.29) is 6.10 Å².